The molecular weight excluding hydrogens is 265 g/mol. The zero-order chi connectivity index (χ0) is 13.8. The molecule has 0 aliphatic carbocycles. The molecule has 0 unspecified atom stereocenters. The molecule has 19 heavy (non-hydrogen) atoms. The lowest BCUT2D eigenvalue weighted by molar-refractivity contribution is 0.318. The molecule has 1 aromatic carbocycles. The van der Waals surface area contributed by atoms with Crippen molar-refractivity contribution < 1.29 is 9.60 Å². The van der Waals surface area contributed by atoms with Crippen LogP contribution in [-0.2, 0) is 6.54 Å². The molecule has 0 amide bonds. The zero-order valence-corrected chi connectivity index (χ0v) is 11.2. The summed E-state index contributed by atoms with van der Waals surface area (Å²) in [5.41, 5.74) is 6.25. The first kappa shape index (κ1) is 13.4. The molecule has 0 spiro atoms. The van der Waals surface area contributed by atoms with Crippen LogP contribution in [0, 0.1) is 5.82 Å². The fourth-order valence-corrected chi connectivity index (χ4v) is 2.51. The van der Waals surface area contributed by atoms with Crippen LogP contribution in [0.2, 0.25) is 0 Å². The second kappa shape index (κ2) is 5.71. The van der Waals surface area contributed by atoms with E-state index in [1.165, 1.54) is 6.07 Å². The van der Waals surface area contributed by atoms with Crippen LogP contribution in [0.15, 0.2) is 40.9 Å². The Morgan fingerprint density at radius 3 is 2.84 bits per heavy atom. The maximum Gasteiger partial charge on any atom is 0.170 e. The molecule has 2 aromatic rings. The summed E-state index contributed by atoms with van der Waals surface area (Å²) in [7, 11) is 1.82. The first-order valence-electron chi connectivity index (χ1n) is 5.63. The maximum atomic E-state index is 14.0. The Morgan fingerprint density at radius 2 is 2.26 bits per heavy atom. The number of rotatable bonds is 4. The van der Waals surface area contributed by atoms with Crippen molar-refractivity contribution in [2.75, 3.05) is 11.9 Å². The largest absolute Gasteiger partial charge is 0.409 e. The van der Waals surface area contributed by atoms with E-state index in [9.17, 15) is 4.39 Å². The Morgan fingerprint density at radius 1 is 1.47 bits per heavy atom. The quantitative estimate of drug-likeness (QED) is 0.391. The fourth-order valence-electron chi connectivity index (χ4n) is 1.76. The minimum Gasteiger partial charge on any atom is -0.409 e. The van der Waals surface area contributed by atoms with Gasteiger partial charge in [0.25, 0.3) is 0 Å². The van der Waals surface area contributed by atoms with Gasteiger partial charge in [0.1, 0.15) is 5.82 Å². The minimum absolute atomic E-state index is 0.105. The average Bonchev–Trinajstić information content (AvgIpc) is 2.90. The molecule has 0 aliphatic rings. The third-order valence-electron chi connectivity index (χ3n) is 2.74. The predicted octanol–water partition coefficient (Wildman–Crippen LogP) is 2.62. The first-order valence-corrected chi connectivity index (χ1v) is 6.50. The molecule has 0 bridgehead atoms. The van der Waals surface area contributed by atoms with Gasteiger partial charge in [-0.3, -0.25) is 0 Å². The van der Waals surface area contributed by atoms with Crippen molar-refractivity contribution in [2.24, 2.45) is 10.9 Å². The molecule has 100 valence electrons. The number of nitrogens with two attached hydrogens (primary N) is 1. The number of oxime groups is 1. The van der Waals surface area contributed by atoms with E-state index < -0.39 is 5.82 Å². The second-order valence-corrected chi connectivity index (χ2v) is 5.12. The second-order valence-electron chi connectivity index (χ2n) is 4.09. The van der Waals surface area contributed by atoms with E-state index in [-0.39, 0.29) is 5.84 Å². The van der Waals surface area contributed by atoms with Gasteiger partial charge in [-0.2, -0.15) is 0 Å². The van der Waals surface area contributed by atoms with Gasteiger partial charge in [-0.15, -0.1) is 11.3 Å². The predicted molar refractivity (Wildman–Crippen MR) is 75.3 cm³/mol. The summed E-state index contributed by atoms with van der Waals surface area (Å²) < 4.78 is 14.0. The number of anilines is 1. The fraction of sp³-hybridized carbons (Fsp3) is 0.154. The van der Waals surface area contributed by atoms with Crippen LogP contribution in [0.5, 0.6) is 0 Å². The normalized spacial score (nSPS) is 11.6. The summed E-state index contributed by atoms with van der Waals surface area (Å²) in [6, 6.07) is 8.47. The molecule has 2 rings (SSSR count). The van der Waals surface area contributed by atoms with Gasteiger partial charge in [0.2, 0.25) is 0 Å². The highest BCUT2D eigenvalue weighted by Crippen LogP contribution is 2.22. The lowest BCUT2D eigenvalue weighted by atomic mass is 10.1. The number of hydrogen-bond donors (Lipinski definition) is 2. The van der Waals surface area contributed by atoms with Crippen LogP contribution in [-0.4, -0.2) is 18.1 Å². The van der Waals surface area contributed by atoms with E-state index in [0.717, 1.165) is 4.88 Å². The Labute approximate surface area is 114 Å². The summed E-state index contributed by atoms with van der Waals surface area (Å²) in [6.07, 6.45) is 0. The summed E-state index contributed by atoms with van der Waals surface area (Å²) >= 11 is 1.63. The Hall–Kier alpha value is -2.08. The van der Waals surface area contributed by atoms with Crippen molar-refractivity contribution in [2.45, 2.75) is 6.54 Å². The number of halogens is 1. The van der Waals surface area contributed by atoms with E-state index in [1.54, 1.807) is 23.5 Å². The zero-order valence-electron chi connectivity index (χ0n) is 10.4. The highest BCUT2D eigenvalue weighted by Gasteiger charge is 2.11. The van der Waals surface area contributed by atoms with Crippen LogP contribution >= 0.6 is 11.3 Å². The van der Waals surface area contributed by atoms with Crippen molar-refractivity contribution in [1.29, 1.82) is 0 Å². The monoisotopic (exact) mass is 279 g/mol. The SMILES string of the molecule is CN(Cc1cccs1)c1ccc(/C(N)=N/O)cc1F. The topological polar surface area (TPSA) is 61.8 Å². The van der Waals surface area contributed by atoms with Crippen molar-refractivity contribution in [3.8, 4) is 0 Å². The molecule has 0 saturated heterocycles. The minimum atomic E-state index is -0.400. The Balaban J connectivity index is 2.21. The molecule has 0 fully saturated rings. The van der Waals surface area contributed by atoms with E-state index in [2.05, 4.69) is 5.16 Å². The Kier molecular flexibility index (Phi) is 4.01. The number of hydrogen-bond acceptors (Lipinski definition) is 4. The molecule has 1 heterocycles. The van der Waals surface area contributed by atoms with E-state index >= 15 is 0 Å². The van der Waals surface area contributed by atoms with Crippen LogP contribution in [0.3, 0.4) is 0 Å². The molecule has 1 aromatic heterocycles. The first-order chi connectivity index (χ1) is 9.11. The van der Waals surface area contributed by atoms with Gasteiger partial charge in [0, 0.05) is 17.5 Å². The molecule has 3 N–H and O–H groups in total. The summed E-state index contributed by atoms with van der Waals surface area (Å²) in [5.74, 6) is -0.505. The van der Waals surface area contributed by atoms with Crippen molar-refractivity contribution in [3.05, 3.63) is 52.0 Å². The molecule has 0 radical (unpaired) electrons. The smallest absolute Gasteiger partial charge is 0.170 e. The van der Waals surface area contributed by atoms with Crippen LogP contribution in [0.4, 0.5) is 10.1 Å². The summed E-state index contributed by atoms with van der Waals surface area (Å²) in [6.45, 7) is 0.636. The van der Waals surface area contributed by atoms with E-state index in [4.69, 9.17) is 10.9 Å². The highest BCUT2D eigenvalue weighted by molar-refractivity contribution is 7.09. The third-order valence-corrected chi connectivity index (χ3v) is 3.60. The average molecular weight is 279 g/mol. The molecular formula is C13H14FN3OS. The third kappa shape index (κ3) is 3.03. The highest BCUT2D eigenvalue weighted by atomic mass is 32.1. The van der Waals surface area contributed by atoms with E-state index in [0.29, 0.717) is 17.8 Å². The van der Waals surface area contributed by atoms with Crippen LogP contribution in [0.25, 0.3) is 0 Å². The number of amidine groups is 1. The lowest BCUT2D eigenvalue weighted by Crippen LogP contribution is -2.18. The molecule has 0 saturated carbocycles. The standard InChI is InChI=1S/C13H14FN3OS/c1-17(8-10-3-2-6-19-10)12-5-4-9(7-11(12)14)13(15)16-18/h2-7,18H,8H2,1H3,(H2,15,16). The van der Waals surface area contributed by atoms with Gasteiger partial charge in [0.05, 0.1) is 12.2 Å². The molecule has 0 atom stereocenters. The van der Waals surface area contributed by atoms with Crippen molar-refractivity contribution >= 4 is 22.9 Å². The van der Waals surface area contributed by atoms with Gasteiger partial charge in [-0.05, 0) is 29.6 Å². The summed E-state index contributed by atoms with van der Waals surface area (Å²) in [4.78, 5) is 2.97. The molecule has 6 heteroatoms. The van der Waals surface area contributed by atoms with Crippen molar-refractivity contribution in [3.63, 3.8) is 0 Å². The van der Waals surface area contributed by atoms with Gasteiger partial charge < -0.3 is 15.8 Å². The van der Waals surface area contributed by atoms with Gasteiger partial charge in [0.15, 0.2) is 5.84 Å². The number of thiophene rings is 1. The van der Waals surface area contributed by atoms with E-state index in [1.807, 2.05) is 29.5 Å². The number of nitrogens with zero attached hydrogens (tertiary/aromatic N) is 2. The van der Waals surface area contributed by atoms with Gasteiger partial charge >= 0.3 is 0 Å². The van der Waals surface area contributed by atoms with Crippen molar-refractivity contribution in [1.82, 2.24) is 0 Å². The maximum absolute atomic E-state index is 14.0. The molecule has 0 aliphatic heterocycles. The Bertz CT molecular complexity index is 584. The molecule has 4 nitrogen and oxygen atoms in total. The van der Waals surface area contributed by atoms with Crippen LogP contribution in [0.1, 0.15) is 10.4 Å². The van der Waals surface area contributed by atoms with Gasteiger partial charge in [-0.25, -0.2) is 4.39 Å². The van der Waals surface area contributed by atoms with Crippen LogP contribution < -0.4 is 10.6 Å². The van der Waals surface area contributed by atoms with Gasteiger partial charge in [-0.1, -0.05) is 11.2 Å². The lowest BCUT2D eigenvalue weighted by Gasteiger charge is -2.19. The number of benzene rings is 1. The summed E-state index contributed by atoms with van der Waals surface area (Å²) in [5, 5.41) is 13.4.